The van der Waals surface area contributed by atoms with Crippen LogP contribution in [0, 0.1) is 0 Å². The van der Waals surface area contributed by atoms with Crippen LogP contribution in [0.4, 0.5) is 0 Å². The molecule has 0 saturated carbocycles. The number of rotatable bonds is 10. The first-order chi connectivity index (χ1) is 14.6. The molecule has 1 saturated heterocycles. The van der Waals surface area contributed by atoms with Gasteiger partial charge in [-0.25, -0.2) is 0 Å². The highest BCUT2D eigenvalue weighted by Crippen LogP contribution is 2.29. The molecule has 2 heterocycles. The Hall–Kier alpha value is -1.79. The van der Waals surface area contributed by atoms with E-state index < -0.39 is 0 Å². The topological polar surface area (TPSA) is 47.4 Å². The van der Waals surface area contributed by atoms with Gasteiger partial charge in [-0.15, -0.1) is 0 Å². The number of aromatic nitrogens is 2. The molecular formula is C23H31BClN3O2. The minimum Gasteiger partial charge on any atom is -0.464 e. The summed E-state index contributed by atoms with van der Waals surface area (Å²) in [6, 6.07) is 8.13. The van der Waals surface area contributed by atoms with E-state index in [0.717, 1.165) is 61.3 Å². The molecule has 0 aliphatic carbocycles. The van der Waals surface area contributed by atoms with Gasteiger partial charge in [-0.05, 0) is 31.9 Å². The normalized spacial score (nSPS) is 18.3. The molecule has 2 aromatic rings. The van der Waals surface area contributed by atoms with Crippen LogP contribution in [-0.4, -0.2) is 54.2 Å². The standard InChI is InChI=1S/C23H31BClN3O2/c1-2-3-4-11-23(29)30-17-20(13-24)27-12-7-8-19(16-27)28-15-18(14-26-28)21-9-5-6-10-22(21)25/h5-6,9-10,14-15,19-20H,2-4,7-8,11-13,16-17H2,1H3. The molecule has 1 aliphatic rings. The van der Waals surface area contributed by atoms with Gasteiger partial charge in [0.2, 0.25) is 0 Å². The monoisotopic (exact) mass is 427 g/mol. The quantitative estimate of drug-likeness (QED) is 0.307. The average Bonchev–Trinajstić information content (AvgIpc) is 3.25. The second-order valence-corrected chi connectivity index (χ2v) is 8.42. The molecule has 160 valence electrons. The minimum atomic E-state index is -0.119. The number of nitrogens with zero attached hydrogens (tertiary/aromatic N) is 3. The Balaban J connectivity index is 1.58. The highest BCUT2D eigenvalue weighted by molar-refractivity contribution is 6.33. The van der Waals surface area contributed by atoms with Crippen LogP contribution in [0.3, 0.4) is 0 Å². The Morgan fingerprint density at radius 3 is 2.97 bits per heavy atom. The Kier molecular flexibility index (Phi) is 8.82. The lowest BCUT2D eigenvalue weighted by Gasteiger charge is -2.37. The molecule has 0 spiro atoms. The second kappa shape index (κ2) is 11.6. The van der Waals surface area contributed by atoms with Gasteiger partial charge in [0, 0.05) is 41.4 Å². The number of hydrogen-bond acceptors (Lipinski definition) is 4. The Morgan fingerprint density at radius 2 is 2.20 bits per heavy atom. The van der Waals surface area contributed by atoms with E-state index >= 15 is 0 Å². The lowest BCUT2D eigenvalue weighted by molar-refractivity contribution is -0.145. The molecule has 1 aliphatic heterocycles. The number of likely N-dealkylation sites (tertiary alicyclic amines) is 1. The maximum absolute atomic E-state index is 12.0. The van der Waals surface area contributed by atoms with Crippen molar-refractivity contribution < 1.29 is 9.53 Å². The highest BCUT2D eigenvalue weighted by Gasteiger charge is 2.27. The van der Waals surface area contributed by atoms with Crippen molar-refractivity contribution in [2.45, 2.75) is 63.9 Å². The van der Waals surface area contributed by atoms with E-state index in [1.165, 1.54) is 0 Å². The first kappa shape index (κ1) is 22.9. The SMILES string of the molecule is [B]CC(COC(=O)CCCCC)N1CCCC(n2cc(-c3ccccc3Cl)cn2)C1. The smallest absolute Gasteiger partial charge is 0.305 e. The van der Waals surface area contributed by atoms with Gasteiger partial charge in [0.1, 0.15) is 6.61 Å². The number of carbonyl (C=O) groups excluding carboxylic acids is 1. The third-order valence-corrected chi connectivity index (χ3v) is 6.13. The average molecular weight is 428 g/mol. The van der Waals surface area contributed by atoms with E-state index in [1.54, 1.807) is 0 Å². The van der Waals surface area contributed by atoms with Gasteiger partial charge in [-0.1, -0.05) is 55.9 Å². The number of benzene rings is 1. The minimum absolute atomic E-state index is 0.0431. The summed E-state index contributed by atoms with van der Waals surface area (Å²) in [5, 5.41) is 5.34. The predicted molar refractivity (Wildman–Crippen MR) is 122 cm³/mol. The van der Waals surface area contributed by atoms with Crippen molar-refractivity contribution in [3.05, 3.63) is 41.7 Å². The zero-order chi connectivity index (χ0) is 21.3. The van der Waals surface area contributed by atoms with Gasteiger partial charge >= 0.3 is 5.97 Å². The molecule has 1 aromatic heterocycles. The zero-order valence-electron chi connectivity index (χ0n) is 17.8. The summed E-state index contributed by atoms with van der Waals surface area (Å²) in [4.78, 5) is 14.3. The van der Waals surface area contributed by atoms with E-state index in [2.05, 4.69) is 23.1 Å². The molecule has 3 rings (SSSR count). The summed E-state index contributed by atoms with van der Waals surface area (Å²) in [6.45, 7) is 4.29. The number of ether oxygens (including phenoxy) is 1. The van der Waals surface area contributed by atoms with Gasteiger partial charge in [0.15, 0.2) is 0 Å². The van der Waals surface area contributed by atoms with Crippen molar-refractivity contribution >= 4 is 25.4 Å². The molecule has 2 unspecified atom stereocenters. The van der Waals surface area contributed by atoms with Crippen LogP contribution in [0.2, 0.25) is 11.3 Å². The number of unbranched alkanes of at least 4 members (excludes halogenated alkanes) is 2. The molecule has 2 radical (unpaired) electrons. The van der Waals surface area contributed by atoms with E-state index in [9.17, 15) is 4.79 Å². The predicted octanol–water partition coefficient (Wildman–Crippen LogP) is 4.92. The Bertz CT molecular complexity index is 813. The molecule has 0 N–H and O–H groups in total. The molecule has 7 heteroatoms. The van der Waals surface area contributed by atoms with Crippen LogP contribution in [-0.2, 0) is 9.53 Å². The number of carbonyl (C=O) groups is 1. The molecule has 1 fully saturated rings. The second-order valence-electron chi connectivity index (χ2n) is 8.01. The van der Waals surface area contributed by atoms with Crippen LogP contribution < -0.4 is 0 Å². The van der Waals surface area contributed by atoms with Gasteiger partial charge in [0.05, 0.1) is 20.1 Å². The van der Waals surface area contributed by atoms with Gasteiger partial charge in [0.25, 0.3) is 0 Å². The lowest BCUT2D eigenvalue weighted by atomic mass is 9.94. The summed E-state index contributed by atoms with van der Waals surface area (Å²) >= 11 is 6.34. The molecule has 0 bridgehead atoms. The summed E-state index contributed by atoms with van der Waals surface area (Å²) in [6.07, 6.45) is 10.1. The summed E-state index contributed by atoms with van der Waals surface area (Å²) in [5.74, 6) is -0.119. The highest BCUT2D eigenvalue weighted by atomic mass is 35.5. The molecule has 5 nitrogen and oxygen atoms in total. The van der Waals surface area contributed by atoms with E-state index in [-0.39, 0.29) is 18.1 Å². The van der Waals surface area contributed by atoms with Crippen molar-refractivity contribution in [3.8, 4) is 11.1 Å². The molecule has 1 aromatic carbocycles. The van der Waals surface area contributed by atoms with Crippen molar-refractivity contribution in [3.63, 3.8) is 0 Å². The first-order valence-electron chi connectivity index (χ1n) is 11.0. The van der Waals surface area contributed by atoms with Gasteiger partial charge in [-0.2, -0.15) is 5.10 Å². The van der Waals surface area contributed by atoms with Gasteiger partial charge < -0.3 is 4.74 Å². The van der Waals surface area contributed by atoms with Crippen LogP contribution >= 0.6 is 11.6 Å². The number of hydrogen-bond donors (Lipinski definition) is 0. The summed E-state index contributed by atoms with van der Waals surface area (Å²) < 4.78 is 7.55. The van der Waals surface area contributed by atoms with Crippen molar-refractivity contribution in [2.24, 2.45) is 0 Å². The lowest BCUT2D eigenvalue weighted by Crippen LogP contribution is -2.45. The van der Waals surface area contributed by atoms with Crippen LogP contribution in [0.5, 0.6) is 0 Å². The molecule has 0 amide bonds. The fourth-order valence-electron chi connectivity index (χ4n) is 4.01. The Morgan fingerprint density at radius 1 is 1.37 bits per heavy atom. The fraction of sp³-hybridized carbons (Fsp3) is 0.565. The van der Waals surface area contributed by atoms with Crippen LogP contribution in [0.15, 0.2) is 36.7 Å². The summed E-state index contributed by atoms with van der Waals surface area (Å²) in [7, 11) is 6.02. The van der Waals surface area contributed by atoms with Gasteiger partial charge in [-0.3, -0.25) is 14.4 Å². The maximum atomic E-state index is 12.0. The van der Waals surface area contributed by atoms with Crippen LogP contribution in [0.25, 0.3) is 11.1 Å². The zero-order valence-corrected chi connectivity index (χ0v) is 18.6. The van der Waals surface area contributed by atoms with Crippen LogP contribution in [0.1, 0.15) is 51.5 Å². The Labute approximate surface area is 186 Å². The van der Waals surface area contributed by atoms with Crippen molar-refractivity contribution in [1.82, 2.24) is 14.7 Å². The van der Waals surface area contributed by atoms with Crippen molar-refractivity contribution in [1.29, 1.82) is 0 Å². The molecule has 2 atom stereocenters. The number of halogens is 1. The van der Waals surface area contributed by atoms with E-state index in [1.807, 2.05) is 35.1 Å². The first-order valence-corrected chi connectivity index (χ1v) is 11.4. The third kappa shape index (κ3) is 6.11. The maximum Gasteiger partial charge on any atom is 0.305 e. The third-order valence-electron chi connectivity index (χ3n) is 5.80. The van der Waals surface area contributed by atoms with Crippen molar-refractivity contribution in [2.75, 3.05) is 19.7 Å². The molecular weight excluding hydrogens is 397 g/mol. The number of piperidine rings is 1. The largest absolute Gasteiger partial charge is 0.464 e. The molecule has 30 heavy (non-hydrogen) atoms. The fourth-order valence-corrected chi connectivity index (χ4v) is 4.25. The number of esters is 1. The van der Waals surface area contributed by atoms with E-state index in [0.29, 0.717) is 19.3 Å². The van der Waals surface area contributed by atoms with E-state index in [4.69, 9.17) is 24.2 Å². The summed E-state index contributed by atoms with van der Waals surface area (Å²) in [5.41, 5.74) is 2.02.